The van der Waals surface area contributed by atoms with Crippen LogP contribution in [-0.2, 0) is 16.6 Å². The maximum absolute atomic E-state index is 14.6. The number of rotatable bonds is 6. The number of nitrogens with one attached hydrogen (secondary N) is 1. The van der Waals surface area contributed by atoms with Crippen molar-refractivity contribution in [2.45, 2.75) is 25.8 Å². The summed E-state index contributed by atoms with van der Waals surface area (Å²) in [5.41, 5.74) is 3.83. The molecule has 220 valence electrons. The molecule has 0 unspecified atom stereocenters. The molecule has 1 saturated heterocycles. The summed E-state index contributed by atoms with van der Waals surface area (Å²) in [5, 5.41) is 8.03. The van der Waals surface area contributed by atoms with Crippen LogP contribution in [-0.4, -0.2) is 67.2 Å². The highest BCUT2D eigenvalue weighted by Crippen LogP contribution is 2.40. The van der Waals surface area contributed by atoms with Crippen LogP contribution < -0.4 is 20.7 Å². The van der Waals surface area contributed by atoms with Gasteiger partial charge in [-0.1, -0.05) is 25.3 Å². The maximum atomic E-state index is 14.6. The van der Waals surface area contributed by atoms with Gasteiger partial charge < -0.3 is 20.0 Å². The Kier molecular flexibility index (Phi) is 7.26. The number of piperidine rings is 1. The normalized spacial score (nSPS) is 16.6. The van der Waals surface area contributed by atoms with Gasteiger partial charge in [-0.25, -0.2) is 4.98 Å². The fourth-order valence-electron chi connectivity index (χ4n) is 6.03. The Bertz CT molecular complexity index is 1820. The molecule has 5 heterocycles. The van der Waals surface area contributed by atoms with Gasteiger partial charge in [-0.05, 0) is 49.6 Å². The topological polar surface area (TPSA) is 121 Å². The molecule has 6 rings (SSSR count). The van der Waals surface area contributed by atoms with Gasteiger partial charge in [0.1, 0.15) is 11.3 Å². The largest absolute Gasteiger partial charge is 0.337 e. The molecule has 0 spiro atoms. The van der Waals surface area contributed by atoms with E-state index in [1.54, 1.807) is 37.6 Å². The molecular formula is C31H33N9O3. The minimum absolute atomic E-state index is 0.167. The summed E-state index contributed by atoms with van der Waals surface area (Å²) in [6, 6.07) is 7.29. The lowest BCUT2D eigenvalue weighted by atomic mass is 10.0. The van der Waals surface area contributed by atoms with Gasteiger partial charge in [-0.2, -0.15) is 10.1 Å². The van der Waals surface area contributed by atoms with E-state index < -0.39 is 0 Å². The number of fused-ring (bicyclic) bond motifs is 2. The van der Waals surface area contributed by atoms with Gasteiger partial charge in [-0.15, -0.1) is 0 Å². The van der Waals surface area contributed by atoms with Crippen molar-refractivity contribution in [1.82, 2.24) is 29.2 Å². The molecule has 1 N–H and O–H groups in total. The fraction of sp³-hybridized carbons (Fsp3) is 0.290. The van der Waals surface area contributed by atoms with Crippen molar-refractivity contribution in [3.8, 4) is 0 Å². The number of nitrogens with zero attached hydrogens (tertiary/aromatic N) is 8. The molecule has 0 bridgehead atoms. The zero-order chi connectivity index (χ0) is 30.2. The highest BCUT2D eigenvalue weighted by molar-refractivity contribution is 6.05. The van der Waals surface area contributed by atoms with Crippen LogP contribution in [0.3, 0.4) is 0 Å². The number of para-hydroxylation sites is 1. The molecule has 1 atom stereocenters. The summed E-state index contributed by atoms with van der Waals surface area (Å²) in [4.78, 5) is 54.6. The molecule has 12 heteroatoms. The van der Waals surface area contributed by atoms with Crippen molar-refractivity contribution >= 4 is 51.5 Å². The van der Waals surface area contributed by atoms with Crippen LogP contribution in [0.2, 0.25) is 0 Å². The number of hydrogen-bond acceptors (Lipinski definition) is 8. The van der Waals surface area contributed by atoms with E-state index in [0.29, 0.717) is 61.0 Å². The third kappa shape index (κ3) is 5.05. The molecule has 0 saturated carbocycles. The van der Waals surface area contributed by atoms with E-state index in [9.17, 15) is 14.4 Å². The lowest BCUT2D eigenvalue weighted by molar-refractivity contribution is -0.127. The van der Waals surface area contributed by atoms with Crippen molar-refractivity contribution in [3.05, 3.63) is 84.1 Å². The number of amides is 2. The second-order valence-corrected chi connectivity index (χ2v) is 10.8. The summed E-state index contributed by atoms with van der Waals surface area (Å²) in [6.07, 6.45) is 9.22. The van der Waals surface area contributed by atoms with Gasteiger partial charge in [0.2, 0.25) is 11.9 Å². The Morgan fingerprint density at radius 2 is 1.88 bits per heavy atom. The monoisotopic (exact) mass is 579 g/mol. The molecule has 12 nitrogen and oxygen atoms in total. The Morgan fingerprint density at radius 1 is 1.07 bits per heavy atom. The number of likely N-dealkylation sites (tertiary alicyclic amines) is 1. The summed E-state index contributed by atoms with van der Waals surface area (Å²) >= 11 is 0. The van der Waals surface area contributed by atoms with Crippen LogP contribution in [0.5, 0.6) is 0 Å². The molecule has 1 aromatic carbocycles. The first-order valence-electron chi connectivity index (χ1n) is 14.2. The smallest absolute Gasteiger partial charge is 0.276 e. The average molecular weight is 580 g/mol. The standard InChI is InChI=1S/C31H33N9O3/c1-5-26(41)37-12-8-10-23(19-37)40-29-21(16-32-31(35-29)34-22-17-33-36(4)18-22)15-25(30(40)43)38-13-14-39(27(42)6-2)28-20(3)9-7-11-24(28)38/h5-7,9,11,15-18,23H,1-2,8,10,12-14,19H2,3-4H3,(H,32,34,35)/t23-/m1/s1. The minimum atomic E-state index is -0.311. The van der Waals surface area contributed by atoms with Crippen LogP contribution >= 0.6 is 0 Å². The number of carbonyl (C=O) groups excluding carboxylic acids is 2. The first-order chi connectivity index (χ1) is 20.8. The summed E-state index contributed by atoms with van der Waals surface area (Å²) in [7, 11) is 1.82. The second-order valence-electron chi connectivity index (χ2n) is 10.8. The molecule has 0 aliphatic carbocycles. The van der Waals surface area contributed by atoms with Gasteiger partial charge in [0.05, 0.1) is 29.3 Å². The van der Waals surface area contributed by atoms with E-state index in [1.807, 2.05) is 43.1 Å². The van der Waals surface area contributed by atoms with Gasteiger partial charge in [-0.3, -0.25) is 23.6 Å². The molecule has 2 aliphatic heterocycles. The highest BCUT2D eigenvalue weighted by atomic mass is 16.2. The lowest BCUT2D eigenvalue weighted by Crippen LogP contribution is -2.45. The molecule has 2 amide bonds. The number of pyridine rings is 1. The molecule has 0 radical (unpaired) electrons. The zero-order valence-electron chi connectivity index (χ0n) is 24.2. The SMILES string of the molecule is C=CC(=O)N1CCC[C@@H](n2c(=O)c(N3CCN(C(=O)C=C)c4c(C)cccc43)cc3cnc(Nc4cnn(C)c4)nc32)C1. The Labute approximate surface area is 248 Å². The summed E-state index contributed by atoms with van der Waals surface area (Å²) in [5.74, 6) is -0.0321. The number of carbonyl (C=O) groups is 2. The van der Waals surface area contributed by atoms with Gasteiger partial charge >= 0.3 is 0 Å². The van der Waals surface area contributed by atoms with E-state index in [2.05, 4.69) is 28.6 Å². The van der Waals surface area contributed by atoms with Crippen LogP contribution in [0.15, 0.2) is 73.0 Å². The Hall–Kier alpha value is -5.26. The quantitative estimate of drug-likeness (QED) is 0.344. The van der Waals surface area contributed by atoms with Crippen LogP contribution in [0.25, 0.3) is 11.0 Å². The van der Waals surface area contributed by atoms with Gasteiger partial charge in [0.15, 0.2) is 0 Å². The molecule has 4 aromatic rings. The van der Waals surface area contributed by atoms with Crippen LogP contribution in [0.4, 0.5) is 28.7 Å². The van der Waals surface area contributed by atoms with E-state index in [1.165, 1.54) is 12.2 Å². The van der Waals surface area contributed by atoms with E-state index in [-0.39, 0.29) is 23.4 Å². The number of aromatic nitrogens is 5. The first-order valence-corrected chi connectivity index (χ1v) is 14.2. The summed E-state index contributed by atoms with van der Waals surface area (Å²) in [6.45, 7) is 11.0. The molecule has 2 aliphatic rings. The second kappa shape index (κ2) is 11.2. The highest BCUT2D eigenvalue weighted by Gasteiger charge is 2.32. The minimum Gasteiger partial charge on any atom is -0.337 e. The lowest BCUT2D eigenvalue weighted by Gasteiger charge is -2.39. The van der Waals surface area contributed by atoms with Crippen LogP contribution in [0.1, 0.15) is 24.4 Å². The number of benzene rings is 1. The molecule has 3 aromatic heterocycles. The van der Waals surface area contributed by atoms with Crippen molar-refractivity contribution in [1.29, 1.82) is 0 Å². The maximum Gasteiger partial charge on any atom is 0.276 e. The molecule has 43 heavy (non-hydrogen) atoms. The predicted octanol–water partition coefficient (Wildman–Crippen LogP) is 3.60. The number of anilines is 5. The van der Waals surface area contributed by atoms with Crippen molar-refractivity contribution in [2.24, 2.45) is 7.05 Å². The average Bonchev–Trinajstić information content (AvgIpc) is 3.43. The summed E-state index contributed by atoms with van der Waals surface area (Å²) < 4.78 is 3.38. The van der Waals surface area contributed by atoms with Crippen molar-refractivity contribution in [2.75, 3.05) is 41.3 Å². The molecule has 1 fully saturated rings. The van der Waals surface area contributed by atoms with Crippen molar-refractivity contribution < 1.29 is 9.59 Å². The fourth-order valence-corrected chi connectivity index (χ4v) is 6.03. The van der Waals surface area contributed by atoms with Gasteiger partial charge in [0.25, 0.3) is 11.5 Å². The zero-order valence-corrected chi connectivity index (χ0v) is 24.2. The first kappa shape index (κ1) is 27.9. The van der Waals surface area contributed by atoms with E-state index in [0.717, 1.165) is 23.4 Å². The number of hydrogen-bond donors (Lipinski definition) is 1. The number of aryl methyl sites for hydroxylation is 2. The Balaban J connectivity index is 1.52. The van der Waals surface area contributed by atoms with E-state index in [4.69, 9.17) is 4.98 Å². The van der Waals surface area contributed by atoms with Crippen molar-refractivity contribution in [3.63, 3.8) is 0 Å². The predicted molar refractivity (Wildman–Crippen MR) is 166 cm³/mol. The van der Waals surface area contributed by atoms with E-state index >= 15 is 0 Å². The molecular weight excluding hydrogens is 546 g/mol. The van der Waals surface area contributed by atoms with Crippen LogP contribution in [0, 0.1) is 6.92 Å². The third-order valence-corrected chi connectivity index (χ3v) is 8.02. The third-order valence-electron chi connectivity index (χ3n) is 8.02. The van der Waals surface area contributed by atoms with Gasteiger partial charge in [0, 0.05) is 51.0 Å². The Morgan fingerprint density at radius 3 is 2.63 bits per heavy atom.